The third-order valence-corrected chi connectivity index (χ3v) is 1.66. The molecule has 0 aliphatic heterocycles. The lowest BCUT2D eigenvalue weighted by molar-refractivity contribution is -0.274. The van der Waals surface area contributed by atoms with Crippen LogP contribution in [0.5, 0.6) is 5.75 Å². The topological polar surface area (TPSA) is 66.8 Å². The van der Waals surface area contributed by atoms with E-state index in [4.69, 9.17) is 10.2 Å². The van der Waals surface area contributed by atoms with E-state index in [1.54, 1.807) is 0 Å². The van der Waals surface area contributed by atoms with Gasteiger partial charge in [0, 0.05) is 0 Å². The van der Waals surface area contributed by atoms with Gasteiger partial charge in [-0.2, -0.15) is 0 Å². The fourth-order valence-electron chi connectivity index (χ4n) is 0.994. The molecule has 0 heterocycles. The number of halogens is 3. The Balaban J connectivity index is 2.79. The zero-order chi connectivity index (χ0) is 12.3. The first-order valence-corrected chi connectivity index (χ1v) is 4.06. The molecule has 0 amide bonds. The SMILES string of the molecule is O=C(O)[C@@H](O)c1ccc(OC(F)(F)F)cc1. The van der Waals surface area contributed by atoms with Gasteiger partial charge in [-0.1, -0.05) is 12.1 Å². The van der Waals surface area contributed by atoms with Crippen LogP contribution in [0, 0.1) is 0 Å². The van der Waals surface area contributed by atoms with Crippen molar-refractivity contribution in [2.24, 2.45) is 0 Å². The minimum Gasteiger partial charge on any atom is -0.479 e. The second kappa shape index (κ2) is 4.40. The molecule has 88 valence electrons. The Kier molecular flexibility index (Phi) is 3.38. The molecule has 0 aliphatic rings. The number of benzene rings is 1. The number of carboxylic acids is 1. The highest BCUT2D eigenvalue weighted by Crippen LogP contribution is 2.24. The summed E-state index contributed by atoms with van der Waals surface area (Å²) in [5.41, 5.74) is -0.0259. The van der Waals surface area contributed by atoms with Gasteiger partial charge in [-0.3, -0.25) is 0 Å². The minimum atomic E-state index is -4.80. The van der Waals surface area contributed by atoms with E-state index in [1.807, 2.05) is 0 Å². The van der Waals surface area contributed by atoms with E-state index in [0.717, 1.165) is 24.3 Å². The number of hydrogen-bond acceptors (Lipinski definition) is 3. The summed E-state index contributed by atoms with van der Waals surface area (Å²) in [5.74, 6) is -1.96. The highest BCUT2D eigenvalue weighted by atomic mass is 19.4. The lowest BCUT2D eigenvalue weighted by Crippen LogP contribution is -2.17. The summed E-state index contributed by atoms with van der Waals surface area (Å²) in [4.78, 5) is 10.4. The summed E-state index contributed by atoms with van der Waals surface area (Å²) in [6.45, 7) is 0. The van der Waals surface area contributed by atoms with Gasteiger partial charge in [0.2, 0.25) is 0 Å². The van der Waals surface area contributed by atoms with Crippen LogP contribution >= 0.6 is 0 Å². The molecule has 0 spiro atoms. The van der Waals surface area contributed by atoms with Crippen molar-refractivity contribution in [3.63, 3.8) is 0 Å². The third kappa shape index (κ3) is 3.43. The largest absolute Gasteiger partial charge is 0.573 e. The Bertz CT molecular complexity index is 371. The Morgan fingerprint density at radius 3 is 2.12 bits per heavy atom. The van der Waals surface area contributed by atoms with Gasteiger partial charge in [-0.15, -0.1) is 13.2 Å². The molecular weight excluding hydrogens is 229 g/mol. The average Bonchev–Trinajstić information content (AvgIpc) is 2.15. The maximum Gasteiger partial charge on any atom is 0.573 e. The minimum absolute atomic E-state index is 0.0259. The fraction of sp³-hybridized carbons (Fsp3) is 0.222. The fourth-order valence-corrected chi connectivity index (χ4v) is 0.994. The zero-order valence-electron chi connectivity index (χ0n) is 7.73. The summed E-state index contributed by atoms with van der Waals surface area (Å²) in [5, 5.41) is 17.5. The van der Waals surface area contributed by atoms with E-state index >= 15 is 0 Å². The van der Waals surface area contributed by atoms with Gasteiger partial charge in [-0.05, 0) is 17.7 Å². The molecule has 0 radical (unpaired) electrons. The van der Waals surface area contributed by atoms with Crippen LogP contribution in [0.3, 0.4) is 0 Å². The van der Waals surface area contributed by atoms with E-state index in [9.17, 15) is 18.0 Å². The lowest BCUT2D eigenvalue weighted by Gasteiger charge is -2.10. The van der Waals surface area contributed by atoms with Crippen molar-refractivity contribution in [3.05, 3.63) is 29.8 Å². The van der Waals surface area contributed by atoms with Crippen LogP contribution in [0.1, 0.15) is 11.7 Å². The number of hydrogen-bond donors (Lipinski definition) is 2. The van der Waals surface area contributed by atoms with Crippen LogP contribution in [0.4, 0.5) is 13.2 Å². The third-order valence-electron chi connectivity index (χ3n) is 1.66. The molecule has 16 heavy (non-hydrogen) atoms. The van der Waals surface area contributed by atoms with Crippen LogP contribution in [0.15, 0.2) is 24.3 Å². The first-order chi connectivity index (χ1) is 7.29. The number of ether oxygens (including phenoxy) is 1. The number of alkyl halides is 3. The molecule has 4 nitrogen and oxygen atoms in total. The standard InChI is InChI=1S/C9H7F3O4/c10-9(11,12)16-6-3-1-5(2-4-6)7(13)8(14)15/h1-4,7,13H,(H,14,15)/t7-/m0/s1. The van der Waals surface area contributed by atoms with Gasteiger partial charge in [0.15, 0.2) is 6.10 Å². The molecule has 0 saturated heterocycles. The number of aliphatic hydroxyl groups is 1. The molecule has 0 unspecified atom stereocenters. The molecule has 0 fully saturated rings. The second-order valence-corrected chi connectivity index (χ2v) is 2.86. The van der Waals surface area contributed by atoms with Crippen LogP contribution in [-0.4, -0.2) is 22.5 Å². The summed E-state index contributed by atoms with van der Waals surface area (Å²) >= 11 is 0. The molecule has 1 atom stereocenters. The molecule has 1 rings (SSSR count). The molecule has 0 bridgehead atoms. The van der Waals surface area contributed by atoms with Crippen molar-refractivity contribution < 1.29 is 32.9 Å². The van der Waals surface area contributed by atoms with Crippen LogP contribution in [0.25, 0.3) is 0 Å². The highest BCUT2D eigenvalue weighted by molar-refractivity contribution is 5.74. The summed E-state index contributed by atoms with van der Waals surface area (Å²) in [7, 11) is 0. The number of aliphatic hydroxyl groups excluding tert-OH is 1. The predicted molar refractivity (Wildman–Crippen MR) is 45.7 cm³/mol. The zero-order valence-corrected chi connectivity index (χ0v) is 7.73. The van der Waals surface area contributed by atoms with Gasteiger partial charge < -0.3 is 14.9 Å². The van der Waals surface area contributed by atoms with Gasteiger partial charge >= 0.3 is 12.3 Å². The Labute approximate surface area is 87.9 Å². The summed E-state index contributed by atoms with van der Waals surface area (Å²) < 4.78 is 38.9. The van der Waals surface area contributed by atoms with Crippen molar-refractivity contribution in [3.8, 4) is 5.75 Å². The van der Waals surface area contributed by atoms with Crippen LogP contribution in [-0.2, 0) is 4.79 Å². The van der Waals surface area contributed by atoms with Crippen molar-refractivity contribution in [2.75, 3.05) is 0 Å². The Hall–Kier alpha value is -1.76. The van der Waals surface area contributed by atoms with Gasteiger partial charge in [0.1, 0.15) is 5.75 Å². The van der Waals surface area contributed by atoms with Gasteiger partial charge in [0.25, 0.3) is 0 Å². The maximum absolute atomic E-state index is 11.8. The number of carbonyl (C=O) groups is 1. The number of aliphatic carboxylic acids is 1. The maximum atomic E-state index is 11.8. The molecule has 0 aliphatic carbocycles. The van der Waals surface area contributed by atoms with E-state index in [0.29, 0.717) is 0 Å². The molecule has 1 aromatic carbocycles. The van der Waals surface area contributed by atoms with Crippen LogP contribution in [0.2, 0.25) is 0 Å². The van der Waals surface area contributed by atoms with E-state index in [-0.39, 0.29) is 5.56 Å². The summed E-state index contributed by atoms with van der Waals surface area (Å²) in [6, 6.07) is 3.93. The average molecular weight is 236 g/mol. The highest BCUT2D eigenvalue weighted by Gasteiger charge is 2.31. The Morgan fingerprint density at radius 1 is 1.25 bits per heavy atom. The molecular formula is C9H7F3O4. The van der Waals surface area contributed by atoms with Crippen molar-refractivity contribution in [1.82, 2.24) is 0 Å². The summed E-state index contributed by atoms with van der Waals surface area (Å²) in [6.07, 6.45) is -6.56. The smallest absolute Gasteiger partial charge is 0.479 e. The van der Waals surface area contributed by atoms with Crippen molar-refractivity contribution in [1.29, 1.82) is 0 Å². The van der Waals surface area contributed by atoms with Gasteiger partial charge in [0.05, 0.1) is 0 Å². The quantitative estimate of drug-likeness (QED) is 0.838. The number of carboxylic acid groups (broad SMARTS) is 1. The first-order valence-electron chi connectivity index (χ1n) is 4.06. The van der Waals surface area contributed by atoms with Crippen molar-refractivity contribution in [2.45, 2.75) is 12.5 Å². The van der Waals surface area contributed by atoms with E-state index in [1.165, 1.54) is 0 Å². The van der Waals surface area contributed by atoms with E-state index < -0.39 is 24.2 Å². The van der Waals surface area contributed by atoms with Crippen molar-refractivity contribution >= 4 is 5.97 Å². The normalized spacial score (nSPS) is 13.2. The van der Waals surface area contributed by atoms with Gasteiger partial charge in [-0.25, -0.2) is 4.79 Å². The Morgan fingerprint density at radius 2 is 1.75 bits per heavy atom. The molecule has 1 aromatic rings. The predicted octanol–water partition coefficient (Wildman–Crippen LogP) is 1.70. The lowest BCUT2D eigenvalue weighted by atomic mass is 10.1. The monoisotopic (exact) mass is 236 g/mol. The molecule has 2 N–H and O–H groups in total. The molecule has 7 heteroatoms. The van der Waals surface area contributed by atoms with E-state index in [2.05, 4.69) is 4.74 Å². The second-order valence-electron chi connectivity index (χ2n) is 2.86. The molecule has 0 aromatic heterocycles. The first kappa shape index (κ1) is 12.3. The number of rotatable bonds is 3. The van der Waals surface area contributed by atoms with Crippen LogP contribution < -0.4 is 4.74 Å². The molecule has 0 saturated carbocycles.